The second-order valence-electron chi connectivity index (χ2n) is 4.58. The summed E-state index contributed by atoms with van der Waals surface area (Å²) in [6.45, 7) is 4.28. The predicted molar refractivity (Wildman–Crippen MR) is 52.6 cm³/mol. The minimum absolute atomic E-state index is 1.04. The van der Waals surface area contributed by atoms with Crippen LogP contribution in [-0.4, -0.2) is 39.8 Å². The summed E-state index contributed by atoms with van der Waals surface area (Å²) >= 11 is 0. The van der Waals surface area contributed by atoms with Crippen LogP contribution in [0.2, 0.25) is 0 Å². The van der Waals surface area contributed by atoms with Crippen LogP contribution in [-0.2, 0) is 9.53 Å². The molecule has 1 atom stereocenters. The van der Waals surface area contributed by atoms with E-state index in [0.29, 0.717) is 0 Å². The Morgan fingerprint density at radius 2 is 1.67 bits per heavy atom. The first-order valence-corrected chi connectivity index (χ1v) is 4.79. The molecular weight excluding hydrogens is 259 g/mol. The zero-order chi connectivity index (χ0) is 14.8. The quantitative estimate of drug-likeness (QED) is 0.672. The van der Waals surface area contributed by atoms with E-state index in [1.807, 2.05) is 0 Å². The topological polar surface area (TPSA) is 95.9 Å². The third-order valence-electron chi connectivity index (χ3n) is 1.52. The number of alkyl halides is 3. The van der Waals surface area contributed by atoms with E-state index in [1.54, 1.807) is 0 Å². The minimum atomic E-state index is -4.97. The number of carboxylic acid groups (broad SMARTS) is 1. The van der Waals surface area contributed by atoms with E-state index >= 15 is 0 Å². The molecular formula is C9H14F3NO5. The highest BCUT2D eigenvalue weighted by Gasteiger charge is 2.48. The average molecular weight is 273 g/mol. The van der Waals surface area contributed by atoms with Crippen molar-refractivity contribution in [1.82, 2.24) is 5.32 Å². The van der Waals surface area contributed by atoms with Crippen LogP contribution in [0.5, 0.6) is 0 Å². The molecule has 0 fully saturated rings. The number of alkyl carbamates (subject to hydrolysis) is 1. The van der Waals surface area contributed by atoms with Crippen molar-refractivity contribution in [3.8, 4) is 0 Å². The SMILES string of the molecule is CC(C)(C)OC(=O)NC(O)(CC(F)(F)F)C(=O)O. The van der Waals surface area contributed by atoms with Gasteiger partial charge in [-0.15, -0.1) is 0 Å². The molecule has 6 nitrogen and oxygen atoms in total. The zero-order valence-corrected chi connectivity index (χ0v) is 9.96. The van der Waals surface area contributed by atoms with Crippen LogP contribution >= 0.6 is 0 Å². The van der Waals surface area contributed by atoms with Crippen LogP contribution in [0.15, 0.2) is 0 Å². The molecule has 0 saturated carbocycles. The first-order chi connectivity index (χ1) is 7.75. The lowest BCUT2D eigenvalue weighted by Crippen LogP contribution is -2.57. The van der Waals surface area contributed by atoms with Gasteiger partial charge in [0.25, 0.3) is 0 Å². The third kappa shape index (κ3) is 6.28. The lowest BCUT2D eigenvalue weighted by atomic mass is 10.1. The lowest BCUT2D eigenvalue weighted by molar-refractivity contribution is -0.199. The molecule has 1 amide bonds. The number of carbonyl (C=O) groups excluding carboxylic acids is 1. The van der Waals surface area contributed by atoms with E-state index in [9.17, 15) is 27.9 Å². The fourth-order valence-electron chi connectivity index (χ4n) is 0.936. The van der Waals surface area contributed by atoms with Crippen molar-refractivity contribution in [2.45, 2.75) is 44.7 Å². The van der Waals surface area contributed by atoms with Gasteiger partial charge >= 0.3 is 18.2 Å². The molecule has 0 aromatic rings. The first-order valence-electron chi connectivity index (χ1n) is 4.79. The van der Waals surface area contributed by atoms with E-state index < -0.39 is 36.0 Å². The van der Waals surface area contributed by atoms with Crippen LogP contribution in [0, 0.1) is 0 Å². The van der Waals surface area contributed by atoms with Crippen molar-refractivity contribution in [2.24, 2.45) is 0 Å². The molecule has 0 aromatic carbocycles. The Hall–Kier alpha value is -1.51. The van der Waals surface area contributed by atoms with Gasteiger partial charge in [-0.3, -0.25) is 5.32 Å². The molecule has 0 aliphatic rings. The maximum Gasteiger partial charge on any atom is 0.410 e. The number of hydrogen-bond donors (Lipinski definition) is 3. The molecule has 9 heteroatoms. The molecule has 1 unspecified atom stereocenters. The van der Waals surface area contributed by atoms with Crippen molar-refractivity contribution >= 4 is 12.1 Å². The fourth-order valence-corrected chi connectivity index (χ4v) is 0.936. The van der Waals surface area contributed by atoms with Crippen LogP contribution in [0.25, 0.3) is 0 Å². The smallest absolute Gasteiger partial charge is 0.410 e. The van der Waals surface area contributed by atoms with Crippen LogP contribution in [0.3, 0.4) is 0 Å². The highest BCUT2D eigenvalue weighted by Crippen LogP contribution is 2.26. The van der Waals surface area contributed by atoms with Crippen molar-refractivity contribution in [1.29, 1.82) is 0 Å². The second kappa shape index (κ2) is 5.01. The van der Waals surface area contributed by atoms with Crippen molar-refractivity contribution in [3.05, 3.63) is 0 Å². The summed E-state index contributed by atoms with van der Waals surface area (Å²) < 4.78 is 40.8. The Morgan fingerprint density at radius 1 is 1.22 bits per heavy atom. The summed E-state index contributed by atoms with van der Waals surface area (Å²) in [5, 5.41) is 19.1. The van der Waals surface area contributed by atoms with Gasteiger partial charge in [-0.25, -0.2) is 9.59 Å². The molecule has 0 bridgehead atoms. The maximum atomic E-state index is 12.1. The Bertz CT molecular complexity index is 336. The number of nitrogens with one attached hydrogen (secondary N) is 1. The molecule has 0 rings (SSSR count). The fraction of sp³-hybridized carbons (Fsp3) is 0.778. The number of carboxylic acids is 1. The summed E-state index contributed by atoms with van der Waals surface area (Å²) in [6.07, 6.45) is -8.56. The number of halogens is 3. The van der Waals surface area contributed by atoms with Gasteiger partial charge in [-0.1, -0.05) is 0 Å². The molecule has 0 saturated heterocycles. The lowest BCUT2D eigenvalue weighted by Gasteiger charge is -2.27. The van der Waals surface area contributed by atoms with Crippen molar-refractivity contribution in [3.63, 3.8) is 0 Å². The maximum absolute atomic E-state index is 12.1. The number of ether oxygens (including phenoxy) is 1. The summed E-state index contributed by atoms with van der Waals surface area (Å²) in [5.74, 6) is -2.23. The van der Waals surface area contributed by atoms with Gasteiger partial charge in [0.1, 0.15) is 12.0 Å². The number of carbonyl (C=O) groups is 2. The van der Waals surface area contributed by atoms with Gasteiger partial charge in [0.15, 0.2) is 0 Å². The molecule has 106 valence electrons. The van der Waals surface area contributed by atoms with E-state index in [-0.39, 0.29) is 0 Å². The Morgan fingerprint density at radius 3 is 1.94 bits per heavy atom. The van der Waals surface area contributed by atoms with E-state index in [0.717, 1.165) is 0 Å². The standard InChI is InChI=1S/C9H14F3NO5/c1-7(2,3)18-6(16)13-8(17,5(14)15)4-9(10,11)12/h17H,4H2,1-3H3,(H,13,16)(H,14,15). The monoisotopic (exact) mass is 273 g/mol. The van der Waals surface area contributed by atoms with Gasteiger partial charge in [0, 0.05) is 0 Å². The molecule has 0 aliphatic heterocycles. The number of aliphatic carboxylic acids is 1. The van der Waals surface area contributed by atoms with Gasteiger partial charge in [0.2, 0.25) is 5.72 Å². The normalized spacial score (nSPS) is 15.7. The third-order valence-corrected chi connectivity index (χ3v) is 1.52. The predicted octanol–water partition coefficient (Wildman–Crippen LogP) is 1.24. The van der Waals surface area contributed by atoms with Gasteiger partial charge in [-0.05, 0) is 20.8 Å². The summed E-state index contributed by atoms with van der Waals surface area (Å²) in [4.78, 5) is 21.7. The first kappa shape index (κ1) is 16.5. The van der Waals surface area contributed by atoms with Gasteiger partial charge < -0.3 is 14.9 Å². The van der Waals surface area contributed by atoms with Crippen LogP contribution in [0.4, 0.5) is 18.0 Å². The highest BCUT2D eigenvalue weighted by molar-refractivity contribution is 5.82. The van der Waals surface area contributed by atoms with Gasteiger partial charge in [0.05, 0.1) is 0 Å². The van der Waals surface area contributed by atoms with Gasteiger partial charge in [-0.2, -0.15) is 13.2 Å². The minimum Gasteiger partial charge on any atom is -0.478 e. The number of amides is 1. The number of aliphatic hydroxyl groups is 1. The summed E-state index contributed by atoms with van der Waals surface area (Å²) in [6, 6.07) is 0. The molecule has 0 aliphatic carbocycles. The Labute approximate surface area is 101 Å². The van der Waals surface area contributed by atoms with Crippen molar-refractivity contribution < 1.29 is 37.7 Å². The average Bonchev–Trinajstić information content (AvgIpc) is 1.94. The summed E-state index contributed by atoms with van der Waals surface area (Å²) in [5.41, 5.74) is -4.50. The zero-order valence-electron chi connectivity index (χ0n) is 9.96. The van der Waals surface area contributed by atoms with E-state index in [2.05, 4.69) is 4.74 Å². The number of hydrogen-bond acceptors (Lipinski definition) is 4. The highest BCUT2D eigenvalue weighted by atomic mass is 19.4. The van der Waals surface area contributed by atoms with Crippen LogP contribution in [0.1, 0.15) is 27.2 Å². The Kier molecular flexibility index (Phi) is 4.59. The molecule has 0 radical (unpaired) electrons. The van der Waals surface area contributed by atoms with E-state index in [1.165, 1.54) is 26.1 Å². The molecule has 3 N–H and O–H groups in total. The second-order valence-corrected chi connectivity index (χ2v) is 4.58. The molecule has 0 spiro atoms. The van der Waals surface area contributed by atoms with E-state index in [4.69, 9.17) is 5.11 Å². The molecule has 0 aromatic heterocycles. The number of rotatable bonds is 3. The summed E-state index contributed by atoms with van der Waals surface area (Å²) in [7, 11) is 0. The van der Waals surface area contributed by atoms with Crippen molar-refractivity contribution in [2.75, 3.05) is 0 Å². The molecule has 0 heterocycles. The molecule has 18 heavy (non-hydrogen) atoms. The van der Waals surface area contributed by atoms with Crippen LogP contribution < -0.4 is 5.32 Å². The Balaban J connectivity index is 4.84. The largest absolute Gasteiger partial charge is 0.478 e.